The zero-order valence-corrected chi connectivity index (χ0v) is 30.3. The number of primary amides is 1. The quantitative estimate of drug-likeness (QED) is 0.0650. The van der Waals surface area contributed by atoms with E-state index in [1.54, 1.807) is 0 Å². The van der Waals surface area contributed by atoms with Crippen molar-refractivity contribution < 1.29 is 14.3 Å². The summed E-state index contributed by atoms with van der Waals surface area (Å²) in [6.45, 7) is 19.6. The minimum absolute atomic E-state index is 0.138. The monoisotopic (exact) mass is 612 g/mol. The molecule has 0 spiro atoms. The number of hydrogen-bond acceptors (Lipinski definition) is 5. The molecule has 0 aliphatic carbocycles. The molecule has 2 atom stereocenters. The van der Waals surface area contributed by atoms with Gasteiger partial charge in [0.25, 0.3) is 0 Å². The van der Waals surface area contributed by atoms with Crippen molar-refractivity contribution in [3.05, 3.63) is 0 Å². The van der Waals surface area contributed by atoms with Crippen LogP contribution in [0.2, 0.25) is 0 Å². The molecule has 0 bridgehead atoms. The molecule has 2 unspecified atom stereocenters. The van der Waals surface area contributed by atoms with Gasteiger partial charge in [-0.3, -0.25) is 14.5 Å². The lowest BCUT2D eigenvalue weighted by Gasteiger charge is -2.31. The van der Waals surface area contributed by atoms with Gasteiger partial charge in [0.15, 0.2) is 0 Å². The third kappa shape index (κ3) is 30.7. The van der Waals surface area contributed by atoms with Gasteiger partial charge in [-0.25, -0.2) is 0 Å². The highest BCUT2D eigenvalue weighted by molar-refractivity contribution is 5.79. The van der Waals surface area contributed by atoms with Crippen molar-refractivity contribution in [3.8, 4) is 0 Å². The smallest absolute Gasteiger partial charge is 0.305 e. The number of nitrogens with two attached hydrogens (primary N) is 1. The van der Waals surface area contributed by atoms with Gasteiger partial charge in [-0.1, -0.05) is 130 Å². The maximum absolute atomic E-state index is 11.9. The number of hydrogen-bond donors (Lipinski definition) is 2. The summed E-state index contributed by atoms with van der Waals surface area (Å²) in [6, 6.07) is 0.531. The van der Waals surface area contributed by atoms with Gasteiger partial charge in [0, 0.05) is 31.6 Å². The van der Waals surface area contributed by atoms with Crippen molar-refractivity contribution in [1.82, 2.24) is 10.2 Å². The summed E-state index contributed by atoms with van der Waals surface area (Å²) in [6.07, 6.45) is 24.9. The summed E-state index contributed by atoms with van der Waals surface area (Å²) in [7, 11) is 0. The van der Waals surface area contributed by atoms with E-state index >= 15 is 0 Å². The van der Waals surface area contributed by atoms with Gasteiger partial charge in [0.05, 0.1) is 12.6 Å². The summed E-state index contributed by atoms with van der Waals surface area (Å²) in [5.74, 6) is 0.0760. The lowest BCUT2D eigenvalue weighted by atomic mass is 9.98. The summed E-state index contributed by atoms with van der Waals surface area (Å²) in [5.41, 5.74) is 5.52. The predicted octanol–water partition coefficient (Wildman–Crippen LogP) is 9.58. The van der Waals surface area contributed by atoms with Crippen LogP contribution in [0, 0.1) is 5.92 Å². The molecule has 258 valence electrons. The number of carbonyl (C=O) groups excluding carboxylic acids is 2. The molecule has 0 saturated carbocycles. The Hall–Kier alpha value is -1.14. The topological polar surface area (TPSA) is 84.7 Å². The Labute approximate surface area is 269 Å². The van der Waals surface area contributed by atoms with Gasteiger partial charge in [0.2, 0.25) is 5.91 Å². The van der Waals surface area contributed by atoms with Crippen LogP contribution >= 0.6 is 0 Å². The van der Waals surface area contributed by atoms with Gasteiger partial charge in [0.1, 0.15) is 0 Å². The summed E-state index contributed by atoms with van der Waals surface area (Å²) < 4.78 is 5.33. The molecule has 1 amide bonds. The minimum atomic E-state index is -0.381. The van der Waals surface area contributed by atoms with Gasteiger partial charge in [-0.05, 0) is 52.9 Å². The van der Waals surface area contributed by atoms with E-state index < -0.39 is 0 Å². The highest BCUT2D eigenvalue weighted by atomic mass is 16.5. The minimum Gasteiger partial charge on any atom is -0.466 e. The molecule has 0 aliphatic heterocycles. The Morgan fingerprint density at radius 1 is 0.651 bits per heavy atom. The van der Waals surface area contributed by atoms with Gasteiger partial charge in [-0.2, -0.15) is 0 Å². The van der Waals surface area contributed by atoms with Crippen molar-refractivity contribution in [2.24, 2.45) is 11.7 Å². The van der Waals surface area contributed by atoms with E-state index in [1.165, 1.54) is 103 Å². The first-order chi connectivity index (χ1) is 20.6. The lowest BCUT2D eigenvalue weighted by molar-refractivity contribution is -0.144. The Morgan fingerprint density at radius 2 is 1.12 bits per heavy atom. The molecule has 0 radical (unpaired) electrons. The number of ether oxygens (including phenoxy) is 1. The molecule has 6 nitrogen and oxygen atoms in total. The maximum atomic E-state index is 11.9. The average molecular weight is 612 g/mol. The van der Waals surface area contributed by atoms with Gasteiger partial charge >= 0.3 is 5.97 Å². The summed E-state index contributed by atoms with van der Waals surface area (Å²) in [5, 5.41) is 3.26. The number of esters is 1. The van der Waals surface area contributed by atoms with E-state index in [0.717, 1.165) is 13.0 Å². The molecule has 43 heavy (non-hydrogen) atoms. The van der Waals surface area contributed by atoms with Crippen molar-refractivity contribution in [2.45, 2.75) is 202 Å². The fourth-order valence-electron chi connectivity index (χ4n) is 5.54. The van der Waals surface area contributed by atoms with Crippen LogP contribution in [0.5, 0.6) is 0 Å². The number of nitrogens with one attached hydrogen (secondary N) is 1. The first kappa shape index (κ1) is 44.0. The Bertz CT molecular complexity index is 592. The van der Waals surface area contributed by atoms with Crippen molar-refractivity contribution in [3.63, 3.8) is 0 Å². The number of unbranched alkanes of at least 4 members (excludes halogenated alkanes) is 13. The van der Waals surface area contributed by atoms with Crippen molar-refractivity contribution in [1.29, 1.82) is 0 Å². The average Bonchev–Trinajstić information content (AvgIpc) is 2.96. The van der Waals surface area contributed by atoms with Crippen LogP contribution < -0.4 is 11.1 Å². The van der Waals surface area contributed by atoms with E-state index in [1.807, 2.05) is 0 Å². The first-order valence-electron chi connectivity index (χ1n) is 18.5. The number of carbonyl (C=O) groups is 2. The Morgan fingerprint density at radius 3 is 1.56 bits per heavy atom. The molecule has 3 N–H and O–H groups in total. The Balaban J connectivity index is 0. The molecule has 0 rings (SSSR count). The molecule has 0 saturated heterocycles. The molecule has 0 heterocycles. The molecule has 0 aromatic carbocycles. The zero-order chi connectivity index (χ0) is 32.7. The molecule has 0 aliphatic rings. The summed E-state index contributed by atoms with van der Waals surface area (Å²) in [4.78, 5) is 26.0. The zero-order valence-electron chi connectivity index (χ0n) is 30.3. The normalized spacial score (nSPS) is 12.8. The van der Waals surface area contributed by atoms with Crippen LogP contribution in [0.25, 0.3) is 0 Å². The first-order valence-corrected chi connectivity index (χ1v) is 18.5. The highest BCUT2D eigenvalue weighted by Gasteiger charge is 2.17. The predicted molar refractivity (Wildman–Crippen MR) is 187 cm³/mol. The van der Waals surface area contributed by atoms with Gasteiger partial charge in [-0.15, -0.1) is 0 Å². The molecule has 0 aromatic heterocycles. The fraction of sp³-hybridized carbons (Fsp3) is 0.946. The summed E-state index contributed by atoms with van der Waals surface area (Å²) >= 11 is 0. The second kappa shape index (κ2) is 32.3. The molecule has 0 fully saturated rings. The van der Waals surface area contributed by atoms with Crippen LogP contribution in [0.3, 0.4) is 0 Å². The molecule has 0 aromatic rings. The second-order valence-corrected chi connectivity index (χ2v) is 13.4. The highest BCUT2D eigenvalue weighted by Crippen LogP contribution is 2.15. The molecular weight excluding hydrogens is 534 g/mol. The van der Waals surface area contributed by atoms with Crippen LogP contribution in [-0.4, -0.2) is 54.6 Å². The number of rotatable bonds is 29. The molecular formula is C37H77N3O3. The van der Waals surface area contributed by atoms with Crippen molar-refractivity contribution in [2.75, 3.05) is 19.7 Å². The van der Waals surface area contributed by atoms with E-state index in [0.29, 0.717) is 50.4 Å². The third-order valence-electron chi connectivity index (χ3n) is 8.43. The SMILES string of the molecule is CCCCCC(C)CCC(=O)OCCCC(NCCN(C(C)C)C(C)C)C(N)=O.CCCCCCCCCCCCCC. The number of nitrogens with zero attached hydrogens (tertiary/aromatic N) is 1. The van der Waals surface area contributed by atoms with Crippen molar-refractivity contribution >= 4 is 11.9 Å². The van der Waals surface area contributed by atoms with Gasteiger partial charge < -0.3 is 15.8 Å². The third-order valence-corrected chi connectivity index (χ3v) is 8.43. The van der Waals surface area contributed by atoms with Crippen LogP contribution in [-0.2, 0) is 14.3 Å². The van der Waals surface area contributed by atoms with E-state index in [2.05, 4.69) is 65.6 Å². The largest absolute Gasteiger partial charge is 0.466 e. The van der Waals surface area contributed by atoms with Crippen LogP contribution in [0.4, 0.5) is 0 Å². The van der Waals surface area contributed by atoms with E-state index in [-0.39, 0.29) is 17.9 Å². The second-order valence-electron chi connectivity index (χ2n) is 13.4. The standard InChI is InChI=1S/C23H47N3O3.C14H30/c1-7-8-9-11-20(6)13-14-22(27)29-17-10-12-21(23(24)28)25-15-16-26(18(2)3)19(4)5;1-3-5-7-9-11-13-14-12-10-8-6-4-2/h18-21,25H,7-17H2,1-6H3,(H2,24,28);3-14H2,1-2H3. The Kier molecular flexibility index (Phi) is 33.0. The lowest BCUT2D eigenvalue weighted by Crippen LogP contribution is -2.47. The van der Waals surface area contributed by atoms with Crippen LogP contribution in [0.15, 0.2) is 0 Å². The molecule has 6 heteroatoms. The number of amides is 1. The van der Waals surface area contributed by atoms with Crippen LogP contribution in [0.1, 0.15) is 184 Å². The maximum Gasteiger partial charge on any atom is 0.305 e. The van der Waals surface area contributed by atoms with E-state index in [4.69, 9.17) is 10.5 Å². The van der Waals surface area contributed by atoms with E-state index in [9.17, 15) is 9.59 Å². The fourth-order valence-corrected chi connectivity index (χ4v) is 5.54.